The molecular weight excluding hydrogens is 471 g/mol. The third-order valence-corrected chi connectivity index (χ3v) is 5.61. The molecule has 3 N–H and O–H groups in total. The third-order valence-electron chi connectivity index (χ3n) is 4.50. The van der Waals surface area contributed by atoms with Crippen LogP contribution in [0.15, 0.2) is 59.6 Å². The molecule has 1 heterocycles. The lowest BCUT2D eigenvalue weighted by Gasteiger charge is -2.15. The minimum absolute atomic E-state index is 0.0603. The molecule has 4 nitrogen and oxygen atoms in total. The highest BCUT2D eigenvalue weighted by Gasteiger charge is 2.33. The van der Waals surface area contributed by atoms with Gasteiger partial charge in [-0.1, -0.05) is 17.7 Å². The molecule has 0 aliphatic rings. The summed E-state index contributed by atoms with van der Waals surface area (Å²) in [5.74, 6) is -1.75. The quantitative estimate of drug-likeness (QED) is 0.243. The first-order valence-electron chi connectivity index (χ1n) is 8.94. The van der Waals surface area contributed by atoms with Crippen molar-refractivity contribution in [3.63, 3.8) is 0 Å². The van der Waals surface area contributed by atoms with Gasteiger partial charge < -0.3 is 10.5 Å². The highest BCUT2D eigenvalue weighted by Crippen LogP contribution is 2.39. The SMILES string of the molecule is Nc1ncc2cc(-c3c(F)ccc(NSc4cc(Cl)ccc4C(F)(F)F)c3F)ccc2n1. The number of nitrogens with two attached hydrogens (primary N) is 1. The maximum absolute atomic E-state index is 15.2. The van der Waals surface area contributed by atoms with Crippen molar-refractivity contribution in [2.45, 2.75) is 11.1 Å². The Morgan fingerprint density at radius 2 is 1.78 bits per heavy atom. The Labute approximate surface area is 187 Å². The van der Waals surface area contributed by atoms with Crippen molar-refractivity contribution in [2.75, 3.05) is 10.5 Å². The topological polar surface area (TPSA) is 63.8 Å². The summed E-state index contributed by atoms with van der Waals surface area (Å²) in [7, 11) is 0. The monoisotopic (exact) mass is 482 g/mol. The van der Waals surface area contributed by atoms with E-state index in [1.165, 1.54) is 24.4 Å². The van der Waals surface area contributed by atoms with Crippen molar-refractivity contribution in [3.8, 4) is 11.1 Å². The largest absolute Gasteiger partial charge is 0.417 e. The molecule has 0 spiro atoms. The van der Waals surface area contributed by atoms with Gasteiger partial charge in [-0.25, -0.2) is 18.7 Å². The first-order chi connectivity index (χ1) is 15.1. The maximum atomic E-state index is 15.2. The molecule has 3 aromatic carbocycles. The van der Waals surface area contributed by atoms with Gasteiger partial charge >= 0.3 is 6.18 Å². The van der Waals surface area contributed by atoms with E-state index in [0.29, 0.717) is 22.9 Å². The molecule has 0 unspecified atom stereocenters. The minimum Gasteiger partial charge on any atom is -0.368 e. The van der Waals surface area contributed by atoms with E-state index in [1.54, 1.807) is 0 Å². The van der Waals surface area contributed by atoms with Crippen LogP contribution < -0.4 is 10.5 Å². The molecule has 0 atom stereocenters. The normalized spacial score (nSPS) is 11.7. The van der Waals surface area contributed by atoms with E-state index in [0.717, 1.165) is 30.3 Å². The van der Waals surface area contributed by atoms with Crippen LogP contribution in [0.2, 0.25) is 5.02 Å². The molecule has 0 saturated heterocycles. The van der Waals surface area contributed by atoms with Crippen molar-refractivity contribution in [2.24, 2.45) is 0 Å². The maximum Gasteiger partial charge on any atom is 0.417 e. The van der Waals surface area contributed by atoms with Gasteiger partial charge in [0.1, 0.15) is 5.82 Å². The van der Waals surface area contributed by atoms with E-state index < -0.39 is 23.4 Å². The van der Waals surface area contributed by atoms with Crippen LogP contribution >= 0.6 is 23.5 Å². The van der Waals surface area contributed by atoms with Crippen molar-refractivity contribution in [1.29, 1.82) is 0 Å². The molecule has 0 bridgehead atoms. The molecule has 4 aromatic rings. The van der Waals surface area contributed by atoms with Gasteiger partial charge in [0.2, 0.25) is 5.95 Å². The van der Waals surface area contributed by atoms with Gasteiger partial charge in [0.05, 0.1) is 22.3 Å². The molecule has 32 heavy (non-hydrogen) atoms. The number of hydrogen-bond acceptors (Lipinski definition) is 5. The lowest BCUT2D eigenvalue weighted by atomic mass is 10.0. The van der Waals surface area contributed by atoms with Crippen LogP contribution in [-0.4, -0.2) is 9.97 Å². The Bertz CT molecular complexity index is 1330. The number of anilines is 2. The van der Waals surface area contributed by atoms with Gasteiger partial charge in [-0.05, 0) is 60.0 Å². The van der Waals surface area contributed by atoms with E-state index >= 15 is 4.39 Å². The van der Waals surface area contributed by atoms with E-state index in [2.05, 4.69) is 14.7 Å². The lowest BCUT2D eigenvalue weighted by molar-refractivity contribution is -0.139. The van der Waals surface area contributed by atoms with Crippen LogP contribution in [0.5, 0.6) is 0 Å². The summed E-state index contributed by atoms with van der Waals surface area (Å²) in [6.07, 6.45) is -3.20. The second kappa shape index (κ2) is 8.44. The van der Waals surface area contributed by atoms with E-state index in [1.807, 2.05) is 0 Å². The molecule has 0 aliphatic heterocycles. The van der Waals surface area contributed by atoms with Crippen LogP contribution in [0.4, 0.5) is 33.6 Å². The fourth-order valence-electron chi connectivity index (χ4n) is 3.02. The highest BCUT2D eigenvalue weighted by molar-refractivity contribution is 8.00. The zero-order valence-corrected chi connectivity index (χ0v) is 17.4. The zero-order valence-electron chi connectivity index (χ0n) is 15.8. The number of alkyl halides is 3. The van der Waals surface area contributed by atoms with E-state index in [-0.39, 0.29) is 32.7 Å². The molecule has 0 saturated carbocycles. The summed E-state index contributed by atoms with van der Waals surface area (Å²) >= 11 is 6.33. The van der Waals surface area contributed by atoms with Gasteiger partial charge in [-0.3, -0.25) is 0 Å². The Morgan fingerprint density at radius 3 is 2.53 bits per heavy atom. The Kier molecular flexibility index (Phi) is 5.83. The first kappa shape index (κ1) is 22.1. The zero-order chi connectivity index (χ0) is 23.0. The Morgan fingerprint density at radius 1 is 1.00 bits per heavy atom. The highest BCUT2D eigenvalue weighted by atomic mass is 35.5. The molecular formula is C21H12ClF5N4S. The second-order valence-electron chi connectivity index (χ2n) is 6.63. The van der Waals surface area contributed by atoms with Gasteiger partial charge in [0.25, 0.3) is 0 Å². The molecule has 0 radical (unpaired) electrons. The average molecular weight is 483 g/mol. The summed E-state index contributed by atoms with van der Waals surface area (Å²) in [4.78, 5) is 7.64. The van der Waals surface area contributed by atoms with Crippen molar-refractivity contribution in [3.05, 3.63) is 76.9 Å². The van der Waals surface area contributed by atoms with Crippen LogP contribution in [0.1, 0.15) is 5.56 Å². The molecule has 0 fully saturated rings. The molecule has 0 amide bonds. The molecule has 11 heteroatoms. The van der Waals surface area contributed by atoms with Crippen LogP contribution in [-0.2, 0) is 6.18 Å². The number of aromatic nitrogens is 2. The number of benzene rings is 3. The van der Waals surface area contributed by atoms with Gasteiger partial charge in [-0.2, -0.15) is 13.2 Å². The summed E-state index contributed by atoms with van der Waals surface area (Å²) in [5.41, 5.74) is 4.75. The molecule has 0 aliphatic carbocycles. The summed E-state index contributed by atoms with van der Waals surface area (Å²) in [6, 6.07) is 9.68. The standard InChI is InChI=1S/C21H12ClF5N4S/c22-12-2-3-13(21(25,26)27)17(8-12)32-31-16-6-4-14(23)18(19(16)24)10-1-5-15-11(7-10)9-29-20(28)30-15/h1-9,31H,(H2,28,29,30). The number of nitrogens with zero attached hydrogens (tertiary/aromatic N) is 2. The van der Waals surface area contributed by atoms with E-state index in [9.17, 15) is 17.6 Å². The molecule has 1 aromatic heterocycles. The molecule has 164 valence electrons. The summed E-state index contributed by atoms with van der Waals surface area (Å²) in [6.45, 7) is 0. The predicted molar refractivity (Wildman–Crippen MR) is 115 cm³/mol. The van der Waals surface area contributed by atoms with Gasteiger partial charge in [0.15, 0.2) is 5.82 Å². The van der Waals surface area contributed by atoms with Crippen molar-refractivity contribution >= 4 is 46.1 Å². The van der Waals surface area contributed by atoms with Crippen LogP contribution in [0, 0.1) is 11.6 Å². The third kappa shape index (κ3) is 4.42. The Balaban J connectivity index is 1.70. The fraction of sp³-hybridized carbons (Fsp3) is 0.0476. The number of nitrogens with one attached hydrogen (secondary N) is 1. The summed E-state index contributed by atoms with van der Waals surface area (Å²) in [5, 5.41) is 0.596. The van der Waals surface area contributed by atoms with E-state index in [4.69, 9.17) is 17.3 Å². The van der Waals surface area contributed by atoms with Gasteiger partial charge in [-0.15, -0.1) is 0 Å². The number of rotatable bonds is 4. The summed E-state index contributed by atoms with van der Waals surface area (Å²) < 4.78 is 72.0. The van der Waals surface area contributed by atoms with Crippen LogP contribution in [0.25, 0.3) is 22.0 Å². The Hall–Kier alpha value is -3.11. The average Bonchev–Trinajstić information content (AvgIpc) is 2.72. The second-order valence-corrected chi connectivity index (χ2v) is 7.91. The number of fused-ring (bicyclic) bond motifs is 1. The molecule has 4 rings (SSSR count). The van der Waals surface area contributed by atoms with Crippen LogP contribution in [0.3, 0.4) is 0 Å². The predicted octanol–water partition coefficient (Wildman–Crippen LogP) is 6.95. The fourth-order valence-corrected chi connectivity index (χ4v) is 4.12. The number of hydrogen-bond donors (Lipinski definition) is 2. The first-order valence-corrected chi connectivity index (χ1v) is 10.1. The minimum atomic E-state index is -4.63. The lowest BCUT2D eigenvalue weighted by Crippen LogP contribution is -2.07. The van der Waals surface area contributed by atoms with Gasteiger partial charge in [0, 0.05) is 21.5 Å². The van der Waals surface area contributed by atoms with Crippen molar-refractivity contribution in [1.82, 2.24) is 9.97 Å². The van der Waals surface area contributed by atoms with Crippen molar-refractivity contribution < 1.29 is 22.0 Å². The number of nitrogen functional groups attached to an aromatic ring is 1. The smallest absolute Gasteiger partial charge is 0.368 e. The number of halogens is 6.